The fourth-order valence-electron chi connectivity index (χ4n) is 4.14. The molecule has 5 nitrogen and oxygen atoms in total. The molecule has 1 rings (SSSR count). The highest BCUT2D eigenvalue weighted by Crippen LogP contribution is 2.20. The van der Waals surface area contributed by atoms with Crippen LogP contribution in [-0.4, -0.2) is 59.6 Å². The summed E-state index contributed by atoms with van der Waals surface area (Å²) in [6, 6.07) is 0. The van der Waals surface area contributed by atoms with Gasteiger partial charge in [0.2, 0.25) is 0 Å². The Bertz CT molecular complexity index is 415. The summed E-state index contributed by atoms with van der Waals surface area (Å²) in [6.07, 6.45) is 22.3. The number of aliphatic hydroxyl groups excluding tert-OH is 3. The molecule has 31 heavy (non-hydrogen) atoms. The van der Waals surface area contributed by atoms with Crippen LogP contribution in [0.2, 0.25) is 0 Å². The quantitative estimate of drug-likeness (QED) is 0.166. The average Bonchev–Trinajstić information content (AvgIpc) is 3.11. The Morgan fingerprint density at radius 3 is 1.81 bits per heavy atom. The fraction of sp³-hybridized carbons (Fsp3) is 0.923. The molecule has 1 saturated heterocycles. The number of ether oxygens (including phenoxy) is 2. The first-order valence-electron chi connectivity index (χ1n) is 13.1. The van der Waals surface area contributed by atoms with Crippen molar-refractivity contribution in [2.45, 2.75) is 134 Å². The minimum absolute atomic E-state index is 0.0984. The first-order valence-corrected chi connectivity index (χ1v) is 13.1. The maximum atomic E-state index is 9.85. The van der Waals surface area contributed by atoms with E-state index in [1.54, 1.807) is 0 Å². The van der Waals surface area contributed by atoms with Gasteiger partial charge in [-0.3, -0.25) is 0 Å². The molecule has 3 N–H and O–H groups in total. The molecular formula is C26H50O5. The Morgan fingerprint density at radius 2 is 1.32 bits per heavy atom. The molecule has 0 amide bonds. The van der Waals surface area contributed by atoms with E-state index in [2.05, 4.69) is 19.1 Å². The van der Waals surface area contributed by atoms with E-state index in [1.165, 1.54) is 89.9 Å². The fourth-order valence-corrected chi connectivity index (χ4v) is 4.14. The van der Waals surface area contributed by atoms with E-state index >= 15 is 0 Å². The topological polar surface area (TPSA) is 79.2 Å². The van der Waals surface area contributed by atoms with Gasteiger partial charge >= 0.3 is 0 Å². The molecule has 1 aliphatic rings. The van der Waals surface area contributed by atoms with E-state index in [0.29, 0.717) is 6.61 Å². The van der Waals surface area contributed by atoms with Crippen LogP contribution in [0.4, 0.5) is 0 Å². The van der Waals surface area contributed by atoms with Crippen LogP contribution in [0.5, 0.6) is 0 Å². The van der Waals surface area contributed by atoms with Crippen molar-refractivity contribution in [2.24, 2.45) is 0 Å². The molecule has 0 bridgehead atoms. The van der Waals surface area contributed by atoms with Crippen molar-refractivity contribution in [2.75, 3.05) is 19.8 Å². The second-order valence-corrected chi connectivity index (χ2v) is 9.09. The Balaban J connectivity index is 1.82. The number of allylic oxidation sites excluding steroid dienone is 2. The van der Waals surface area contributed by atoms with Gasteiger partial charge < -0.3 is 24.8 Å². The second kappa shape index (κ2) is 20.2. The molecule has 0 aliphatic carbocycles. The van der Waals surface area contributed by atoms with Gasteiger partial charge in [-0.2, -0.15) is 0 Å². The Kier molecular flexibility index (Phi) is 18.6. The number of hydrogen-bond acceptors (Lipinski definition) is 5. The third-order valence-electron chi connectivity index (χ3n) is 6.22. The van der Waals surface area contributed by atoms with E-state index in [-0.39, 0.29) is 13.2 Å². The molecule has 184 valence electrons. The van der Waals surface area contributed by atoms with Crippen LogP contribution in [0.25, 0.3) is 0 Å². The number of hydrogen-bond donors (Lipinski definition) is 3. The van der Waals surface area contributed by atoms with E-state index in [9.17, 15) is 15.3 Å². The lowest BCUT2D eigenvalue weighted by Crippen LogP contribution is -2.42. The molecule has 5 heteroatoms. The zero-order valence-electron chi connectivity index (χ0n) is 20.1. The lowest BCUT2D eigenvalue weighted by atomic mass is 10.1. The zero-order chi connectivity index (χ0) is 22.6. The highest BCUT2D eigenvalue weighted by atomic mass is 16.6. The highest BCUT2D eigenvalue weighted by Gasteiger charge is 2.40. The van der Waals surface area contributed by atoms with Crippen molar-refractivity contribution in [3.63, 3.8) is 0 Å². The zero-order valence-corrected chi connectivity index (χ0v) is 20.1. The van der Waals surface area contributed by atoms with Crippen LogP contribution in [0, 0.1) is 0 Å². The molecule has 0 aromatic heterocycles. The van der Waals surface area contributed by atoms with Gasteiger partial charge in [0.05, 0.1) is 13.2 Å². The van der Waals surface area contributed by atoms with E-state index in [0.717, 1.165) is 12.8 Å². The lowest BCUT2D eigenvalue weighted by Gasteiger charge is -2.24. The number of aliphatic hydroxyl groups is 3. The standard InChI is InChI=1S/C26H50O5/c1-2-3-4-5-6-7-8-9-10-11-12-13-14-15-16-17-18-19-20-30-24(21-27)26-25(29)23(28)22-31-26/h9-10,23-29H,2-8,11-22H2,1H3/b10-9+/t23-,24+,25+,26+/m0/s1. The van der Waals surface area contributed by atoms with Crippen LogP contribution < -0.4 is 0 Å². The minimum atomic E-state index is -0.979. The average molecular weight is 443 g/mol. The predicted molar refractivity (Wildman–Crippen MR) is 127 cm³/mol. The monoisotopic (exact) mass is 442 g/mol. The molecule has 0 aromatic carbocycles. The summed E-state index contributed by atoms with van der Waals surface area (Å²) < 4.78 is 11.0. The largest absolute Gasteiger partial charge is 0.394 e. The van der Waals surface area contributed by atoms with Gasteiger partial charge in [-0.1, -0.05) is 89.7 Å². The Hall–Kier alpha value is -0.460. The van der Waals surface area contributed by atoms with Crippen LogP contribution >= 0.6 is 0 Å². The van der Waals surface area contributed by atoms with Crippen molar-refractivity contribution in [1.82, 2.24) is 0 Å². The highest BCUT2D eigenvalue weighted by molar-refractivity contribution is 4.88. The minimum Gasteiger partial charge on any atom is -0.394 e. The van der Waals surface area contributed by atoms with Gasteiger partial charge in [-0.25, -0.2) is 0 Å². The molecule has 0 unspecified atom stereocenters. The number of rotatable bonds is 21. The molecule has 1 fully saturated rings. The van der Waals surface area contributed by atoms with Gasteiger partial charge in [-0.15, -0.1) is 0 Å². The van der Waals surface area contributed by atoms with Gasteiger partial charge in [0.1, 0.15) is 24.4 Å². The van der Waals surface area contributed by atoms with Crippen molar-refractivity contribution in [3.8, 4) is 0 Å². The summed E-state index contributed by atoms with van der Waals surface area (Å²) in [5, 5.41) is 28.8. The third kappa shape index (κ3) is 14.3. The first kappa shape index (κ1) is 28.6. The summed E-state index contributed by atoms with van der Waals surface area (Å²) in [5.74, 6) is 0. The van der Waals surface area contributed by atoms with E-state index < -0.39 is 24.4 Å². The second-order valence-electron chi connectivity index (χ2n) is 9.09. The maximum absolute atomic E-state index is 9.85. The molecule has 4 atom stereocenters. The predicted octanol–water partition coefficient (Wildman–Crippen LogP) is 5.30. The molecular weight excluding hydrogens is 392 g/mol. The summed E-state index contributed by atoms with van der Waals surface area (Å²) in [6.45, 7) is 2.72. The van der Waals surface area contributed by atoms with Crippen molar-refractivity contribution >= 4 is 0 Å². The summed E-state index contributed by atoms with van der Waals surface area (Å²) in [4.78, 5) is 0. The molecule has 1 heterocycles. The number of unbranched alkanes of at least 4 members (excludes halogenated alkanes) is 14. The lowest BCUT2D eigenvalue weighted by molar-refractivity contribution is -0.101. The SMILES string of the molecule is CCCCCCCC/C=C/CCCCCCCCCCO[C@H](CO)[C@H]1OC[C@H](O)[C@H]1O. The molecule has 0 radical (unpaired) electrons. The maximum Gasteiger partial charge on any atom is 0.114 e. The normalized spacial score (nSPS) is 22.5. The van der Waals surface area contributed by atoms with Crippen LogP contribution in [0.15, 0.2) is 12.2 Å². The first-order chi connectivity index (χ1) is 15.2. The van der Waals surface area contributed by atoms with Gasteiger partial charge in [0, 0.05) is 6.61 Å². The van der Waals surface area contributed by atoms with E-state index in [4.69, 9.17) is 9.47 Å². The summed E-state index contributed by atoms with van der Waals surface area (Å²) >= 11 is 0. The van der Waals surface area contributed by atoms with E-state index in [1.807, 2.05) is 0 Å². The summed E-state index contributed by atoms with van der Waals surface area (Å²) in [5.41, 5.74) is 0. The Labute approximate surface area is 191 Å². The van der Waals surface area contributed by atoms with Gasteiger partial charge in [0.15, 0.2) is 0 Å². The molecule has 1 aliphatic heterocycles. The van der Waals surface area contributed by atoms with Crippen molar-refractivity contribution in [3.05, 3.63) is 12.2 Å². The van der Waals surface area contributed by atoms with Crippen molar-refractivity contribution < 1.29 is 24.8 Å². The smallest absolute Gasteiger partial charge is 0.114 e. The van der Waals surface area contributed by atoms with Gasteiger partial charge in [0.25, 0.3) is 0 Å². The van der Waals surface area contributed by atoms with Gasteiger partial charge in [-0.05, 0) is 32.1 Å². The molecule has 0 spiro atoms. The summed E-state index contributed by atoms with van der Waals surface area (Å²) in [7, 11) is 0. The molecule has 0 aromatic rings. The Morgan fingerprint density at radius 1 is 0.806 bits per heavy atom. The van der Waals surface area contributed by atoms with Crippen molar-refractivity contribution in [1.29, 1.82) is 0 Å². The van der Waals surface area contributed by atoms with Crippen LogP contribution in [0.1, 0.15) is 110 Å². The van der Waals surface area contributed by atoms with Crippen LogP contribution in [0.3, 0.4) is 0 Å². The third-order valence-corrected chi connectivity index (χ3v) is 6.22. The van der Waals surface area contributed by atoms with Crippen LogP contribution in [-0.2, 0) is 9.47 Å². The molecule has 0 saturated carbocycles.